The Morgan fingerprint density at radius 2 is 2.24 bits per heavy atom. The average molecular weight is 378 g/mol. The van der Waals surface area contributed by atoms with Crippen LogP contribution >= 0.6 is 22.9 Å². The fraction of sp³-hybridized carbons (Fsp3) is 0.444. The Morgan fingerprint density at radius 1 is 1.40 bits per heavy atom. The lowest BCUT2D eigenvalue weighted by Crippen LogP contribution is -2.33. The van der Waals surface area contributed by atoms with Crippen LogP contribution in [0, 0.1) is 6.92 Å². The zero-order chi connectivity index (χ0) is 17.6. The summed E-state index contributed by atoms with van der Waals surface area (Å²) in [5, 5.41) is 12.4. The summed E-state index contributed by atoms with van der Waals surface area (Å²) in [4.78, 5) is 19.8. The van der Waals surface area contributed by atoms with Crippen molar-refractivity contribution >= 4 is 34.0 Å². The average Bonchev–Trinajstić information content (AvgIpc) is 3.22. The topological polar surface area (TPSA) is 56.7 Å². The predicted octanol–water partition coefficient (Wildman–Crippen LogP) is 4.48. The second kappa shape index (κ2) is 6.50. The molecule has 0 saturated carbocycles. The zero-order valence-corrected chi connectivity index (χ0v) is 15.6. The smallest absolute Gasteiger partial charge is 0.407 e. The SMILES string of the molecule is Cc1ncc(N2CCc3c(cc(Cl)cc3[C@@H]3CCCN3C(=O)O)C2)s1. The van der Waals surface area contributed by atoms with E-state index in [-0.39, 0.29) is 6.04 Å². The Morgan fingerprint density at radius 3 is 2.96 bits per heavy atom. The number of carboxylic acid groups (broad SMARTS) is 1. The van der Waals surface area contributed by atoms with E-state index in [0.29, 0.717) is 11.6 Å². The summed E-state index contributed by atoms with van der Waals surface area (Å²) in [5.41, 5.74) is 3.58. The number of hydrogen-bond donors (Lipinski definition) is 1. The van der Waals surface area contributed by atoms with Gasteiger partial charge < -0.3 is 14.9 Å². The minimum Gasteiger partial charge on any atom is -0.465 e. The summed E-state index contributed by atoms with van der Waals surface area (Å²) in [6.07, 6.45) is 3.78. The van der Waals surface area contributed by atoms with Gasteiger partial charge in [-0.2, -0.15) is 0 Å². The van der Waals surface area contributed by atoms with Gasteiger partial charge in [0.2, 0.25) is 0 Å². The van der Waals surface area contributed by atoms with Crippen LogP contribution in [0.4, 0.5) is 9.80 Å². The van der Waals surface area contributed by atoms with Crippen LogP contribution in [0.25, 0.3) is 0 Å². The van der Waals surface area contributed by atoms with Crippen molar-refractivity contribution in [2.75, 3.05) is 18.0 Å². The van der Waals surface area contributed by atoms with E-state index in [2.05, 4.69) is 9.88 Å². The van der Waals surface area contributed by atoms with Crippen molar-refractivity contribution in [3.63, 3.8) is 0 Å². The summed E-state index contributed by atoms with van der Waals surface area (Å²) in [5.74, 6) is 0. The molecule has 0 radical (unpaired) electrons. The molecule has 1 aromatic carbocycles. The molecule has 5 nitrogen and oxygen atoms in total. The highest BCUT2D eigenvalue weighted by Gasteiger charge is 2.33. The first kappa shape index (κ1) is 16.7. The first-order chi connectivity index (χ1) is 12.0. The van der Waals surface area contributed by atoms with Crippen molar-refractivity contribution in [2.24, 2.45) is 0 Å². The van der Waals surface area contributed by atoms with Gasteiger partial charge >= 0.3 is 6.09 Å². The van der Waals surface area contributed by atoms with Crippen LogP contribution in [-0.4, -0.2) is 34.2 Å². The number of amides is 1. The van der Waals surface area contributed by atoms with Gasteiger partial charge in [-0.25, -0.2) is 9.78 Å². The van der Waals surface area contributed by atoms with E-state index in [9.17, 15) is 9.90 Å². The van der Waals surface area contributed by atoms with Gasteiger partial charge in [0, 0.05) is 24.7 Å². The van der Waals surface area contributed by atoms with Crippen LogP contribution < -0.4 is 4.90 Å². The number of fused-ring (bicyclic) bond motifs is 1. The molecule has 0 bridgehead atoms. The van der Waals surface area contributed by atoms with E-state index >= 15 is 0 Å². The molecule has 1 saturated heterocycles. The summed E-state index contributed by atoms with van der Waals surface area (Å²) in [6.45, 7) is 4.34. The quantitative estimate of drug-likeness (QED) is 0.838. The Bertz CT molecular complexity index is 823. The van der Waals surface area contributed by atoms with E-state index in [0.717, 1.165) is 42.9 Å². The molecule has 1 N–H and O–H groups in total. The first-order valence-electron chi connectivity index (χ1n) is 8.51. The molecule has 1 atom stereocenters. The first-order valence-corrected chi connectivity index (χ1v) is 9.70. The number of aryl methyl sites for hydroxylation is 1. The van der Waals surface area contributed by atoms with Gasteiger partial charge in [-0.1, -0.05) is 11.6 Å². The van der Waals surface area contributed by atoms with Crippen molar-refractivity contribution in [3.8, 4) is 0 Å². The minimum absolute atomic E-state index is 0.0675. The van der Waals surface area contributed by atoms with Crippen molar-refractivity contribution in [1.29, 1.82) is 0 Å². The molecule has 25 heavy (non-hydrogen) atoms. The predicted molar refractivity (Wildman–Crippen MR) is 99.8 cm³/mol. The maximum atomic E-state index is 11.6. The minimum atomic E-state index is -0.839. The summed E-state index contributed by atoms with van der Waals surface area (Å²) >= 11 is 8.09. The zero-order valence-electron chi connectivity index (χ0n) is 14.0. The molecule has 2 aliphatic rings. The highest BCUT2D eigenvalue weighted by molar-refractivity contribution is 7.15. The van der Waals surface area contributed by atoms with Crippen molar-refractivity contribution in [3.05, 3.63) is 45.1 Å². The van der Waals surface area contributed by atoms with E-state index in [1.54, 1.807) is 16.2 Å². The number of benzene rings is 1. The largest absolute Gasteiger partial charge is 0.465 e. The summed E-state index contributed by atoms with van der Waals surface area (Å²) < 4.78 is 0. The maximum Gasteiger partial charge on any atom is 0.407 e. The number of anilines is 1. The second-order valence-electron chi connectivity index (χ2n) is 6.66. The van der Waals surface area contributed by atoms with Gasteiger partial charge in [0.1, 0.15) is 5.00 Å². The third-order valence-corrected chi connectivity index (χ3v) is 6.30. The highest BCUT2D eigenvalue weighted by Crippen LogP contribution is 2.39. The fourth-order valence-electron chi connectivity index (χ4n) is 3.99. The van der Waals surface area contributed by atoms with Crippen LogP contribution in [0.15, 0.2) is 18.3 Å². The number of carbonyl (C=O) groups is 1. The monoisotopic (exact) mass is 377 g/mol. The lowest BCUT2D eigenvalue weighted by Gasteiger charge is -2.33. The number of halogens is 1. The summed E-state index contributed by atoms with van der Waals surface area (Å²) in [6, 6.07) is 3.93. The van der Waals surface area contributed by atoms with Gasteiger partial charge in [-0.05, 0) is 55.0 Å². The number of aromatic nitrogens is 1. The molecule has 3 heterocycles. The molecule has 1 amide bonds. The lowest BCUT2D eigenvalue weighted by molar-refractivity contribution is 0.140. The Kier molecular flexibility index (Phi) is 4.33. The fourth-order valence-corrected chi connectivity index (χ4v) is 5.04. The molecule has 2 aliphatic heterocycles. The molecular weight excluding hydrogens is 358 g/mol. The van der Waals surface area contributed by atoms with E-state index < -0.39 is 6.09 Å². The molecular formula is C18H20ClN3O2S. The number of rotatable bonds is 2. The standard InChI is InChI=1S/C18H20ClN3O2S/c1-11-20-9-17(25-11)21-6-4-14-12(10-21)7-13(19)8-15(14)16-3-2-5-22(16)18(23)24/h7-9,16H,2-6,10H2,1H3,(H,23,24)/t16-/m0/s1. The van der Waals surface area contributed by atoms with E-state index in [1.807, 2.05) is 25.3 Å². The van der Waals surface area contributed by atoms with Crippen molar-refractivity contribution < 1.29 is 9.90 Å². The van der Waals surface area contributed by atoms with Gasteiger partial charge in [0.25, 0.3) is 0 Å². The van der Waals surface area contributed by atoms with Crippen LogP contribution in [0.1, 0.15) is 40.6 Å². The molecule has 132 valence electrons. The third-order valence-electron chi connectivity index (χ3n) is 5.11. The Balaban J connectivity index is 1.68. The summed E-state index contributed by atoms with van der Waals surface area (Å²) in [7, 11) is 0. The van der Waals surface area contributed by atoms with Crippen LogP contribution in [0.5, 0.6) is 0 Å². The molecule has 2 aromatic rings. The van der Waals surface area contributed by atoms with E-state index in [4.69, 9.17) is 11.6 Å². The van der Waals surface area contributed by atoms with Crippen molar-refractivity contribution in [1.82, 2.24) is 9.88 Å². The van der Waals surface area contributed by atoms with Crippen LogP contribution in [-0.2, 0) is 13.0 Å². The van der Waals surface area contributed by atoms with E-state index in [1.165, 1.54) is 16.1 Å². The molecule has 0 unspecified atom stereocenters. The number of thiazole rings is 1. The highest BCUT2D eigenvalue weighted by atomic mass is 35.5. The van der Waals surface area contributed by atoms with Gasteiger partial charge in [0.05, 0.1) is 17.2 Å². The second-order valence-corrected chi connectivity index (χ2v) is 8.31. The molecule has 7 heteroatoms. The molecule has 0 spiro atoms. The Hall–Kier alpha value is -1.79. The van der Waals surface area contributed by atoms with Crippen molar-refractivity contribution in [2.45, 2.75) is 38.8 Å². The normalized spacial score (nSPS) is 20.0. The molecule has 1 aromatic heterocycles. The van der Waals surface area contributed by atoms with Gasteiger partial charge in [0.15, 0.2) is 0 Å². The maximum absolute atomic E-state index is 11.6. The molecule has 4 rings (SSSR count). The Labute approximate surface area is 155 Å². The number of hydrogen-bond acceptors (Lipinski definition) is 4. The lowest BCUT2D eigenvalue weighted by atomic mass is 9.90. The van der Waals surface area contributed by atoms with Gasteiger partial charge in [-0.3, -0.25) is 0 Å². The molecule has 1 fully saturated rings. The van der Waals surface area contributed by atoms with Crippen LogP contribution in [0.3, 0.4) is 0 Å². The van der Waals surface area contributed by atoms with Crippen LogP contribution in [0.2, 0.25) is 5.02 Å². The number of nitrogens with zero attached hydrogens (tertiary/aromatic N) is 3. The third kappa shape index (κ3) is 3.09. The van der Waals surface area contributed by atoms with Gasteiger partial charge in [-0.15, -0.1) is 11.3 Å². The number of likely N-dealkylation sites (tertiary alicyclic amines) is 1. The molecule has 0 aliphatic carbocycles.